The molecular weight excluding hydrogens is 297 g/mol. The number of benzene rings is 1. The van der Waals surface area contributed by atoms with E-state index in [0.717, 1.165) is 19.4 Å². The number of rotatable bonds is 2. The van der Waals surface area contributed by atoms with Crippen LogP contribution < -0.4 is 11.1 Å². The first kappa shape index (κ1) is 19.0. The second-order valence-electron chi connectivity index (χ2n) is 5.11. The molecule has 1 aromatic rings. The number of nitrogen functional groups attached to an aromatic ring is 1. The number of carbonyl (C=O) groups is 1. The van der Waals surface area contributed by atoms with Gasteiger partial charge in [-0.3, -0.25) is 4.79 Å². The van der Waals surface area contributed by atoms with Gasteiger partial charge in [0, 0.05) is 24.3 Å². The second kappa shape index (κ2) is 8.35. The van der Waals surface area contributed by atoms with Gasteiger partial charge in [0.1, 0.15) is 0 Å². The minimum Gasteiger partial charge on any atom is -0.398 e. The van der Waals surface area contributed by atoms with Crippen LogP contribution >= 0.6 is 24.8 Å². The van der Waals surface area contributed by atoms with Crippen molar-refractivity contribution in [3.05, 3.63) is 29.8 Å². The van der Waals surface area contributed by atoms with Crippen LogP contribution in [0.5, 0.6) is 0 Å². The minimum atomic E-state index is -0.0603. The summed E-state index contributed by atoms with van der Waals surface area (Å²) in [4.78, 5) is 14.4. The predicted octanol–water partition coefficient (Wildman–Crippen LogP) is 2.32. The van der Waals surface area contributed by atoms with Gasteiger partial charge < -0.3 is 16.0 Å². The molecule has 1 fully saturated rings. The second-order valence-corrected chi connectivity index (χ2v) is 5.11. The fourth-order valence-electron chi connectivity index (χ4n) is 2.39. The van der Waals surface area contributed by atoms with Crippen molar-refractivity contribution in [3.63, 3.8) is 0 Å². The van der Waals surface area contributed by atoms with Crippen molar-refractivity contribution in [1.29, 1.82) is 0 Å². The monoisotopic (exact) mass is 319 g/mol. The highest BCUT2D eigenvalue weighted by Crippen LogP contribution is 2.17. The Kier molecular flexibility index (Phi) is 7.94. The van der Waals surface area contributed by atoms with Crippen molar-refractivity contribution >= 4 is 36.4 Å². The van der Waals surface area contributed by atoms with Gasteiger partial charge in [0.25, 0.3) is 5.91 Å². The molecule has 4 nitrogen and oxygen atoms in total. The van der Waals surface area contributed by atoms with E-state index in [4.69, 9.17) is 5.73 Å². The largest absolute Gasteiger partial charge is 0.398 e. The molecule has 0 spiro atoms. The van der Waals surface area contributed by atoms with Gasteiger partial charge in [0.15, 0.2) is 0 Å². The zero-order valence-electron chi connectivity index (χ0n) is 11.8. The highest BCUT2D eigenvalue weighted by atomic mass is 35.5. The highest BCUT2D eigenvalue weighted by Gasteiger charge is 2.24. The van der Waals surface area contributed by atoms with Crippen molar-refractivity contribution in [2.24, 2.45) is 0 Å². The van der Waals surface area contributed by atoms with Gasteiger partial charge in [-0.2, -0.15) is 0 Å². The molecule has 1 aromatic carbocycles. The molecule has 114 valence electrons. The van der Waals surface area contributed by atoms with Crippen LogP contribution in [-0.2, 0) is 0 Å². The van der Waals surface area contributed by atoms with E-state index < -0.39 is 0 Å². The van der Waals surface area contributed by atoms with E-state index in [1.807, 2.05) is 12.1 Å². The lowest BCUT2D eigenvalue weighted by Gasteiger charge is -2.35. The normalized spacial score (nSPS) is 22.3. The number of anilines is 1. The average Bonchev–Trinajstić information content (AvgIpc) is 2.34. The van der Waals surface area contributed by atoms with Gasteiger partial charge >= 0.3 is 0 Å². The molecular formula is C14H23Cl2N3O. The van der Waals surface area contributed by atoms with E-state index in [0.29, 0.717) is 17.3 Å². The number of hydrogen-bond acceptors (Lipinski definition) is 3. The minimum absolute atomic E-state index is 0. The summed E-state index contributed by atoms with van der Waals surface area (Å²) in [5, 5.41) is 3.08. The van der Waals surface area contributed by atoms with E-state index in [2.05, 4.69) is 24.2 Å². The van der Waals surface area contributed by atoms with E-state index >= 15 is 0 Å². The molecule has 6 heteroatoms. The molecule has 0 bridgehead atoms. The standard InChI is InChI=1S/C14H21N3O.2ClH/c1-10-9-11(7-8-17(10)2)16-14(18)12-5-3-4-6-13(12)15;;/h3-6,10-11H,7-9,15H2,1-2H3,(H,16,18);2*1H. The van der Waals surface area contributed by atoms with Crippen molar-refractivity contribution in [2.45, 2.75) is 31.8 Å². The molecule has 2 atom stereocenters. The van der Waals surface area contributed by atoms with E-state index in [-0.39, 0.29) is 36.8 Å². The maximum absolute atomic E-state index is 12.1. The zero-order chi connectivity index (χ0) is 13.1. The Labute approximate surface area is 132 Å². The number of carbonyl (C=O) groups excluding carboxylic acids is 1. The van der Waals surface area contributed by atoms with Gasteiger partial charge in [-0.1, -0.05) is 12.1 Å². The lowest BCUT2D eigenvalue weighted by atomic mass is 9.98. The molecule has 0 radical (unpaired) electrons. The smallest absolute Gasteiger partial charge is 0.253 e. The summed E-state index contributed by atoms with van der Waals surface area (Å²) in [6.07, 6.45) is 1.99. The number of amides is 1. The summed E-state index contributed by atoms with van der Waals surface area (Å²) < 4.78 is 0. The number of piperidine rings is 1. The molecule has 1 aliphatic rings. The Morgan fingerprint density at radius 2 is 2.00 bits per heavy atom. The number of likely N-dealkylation sites (tertiary alicyclic amines) is 1. The van der Waals surface area contributed by atoms with Gasteiger partial charge in [-0.25, -0.2) is 0 Å². The van der Waals surface area contributed by atoms with E-state index in [1.54, 1.807) is 12.1 Å². The Balaban J connectivity index is 0.00000180. The van der Waals surface area contributed by atoms with Crippen molar-refractivity contribution < 1.29 is 4.79 Å². The third kappa shape index (κ3) is 4.54. The number of nitrogens with one attached hydrogen (secondary N) is 1. The first-order valence-corrected chi connectivity index (χ1v) is 6.43. The Morgan fingerprint density at radius 3 is 2.60 bits per heavy atom. The molecule has 2 rings (SSSR count). The van der Waals surface area contributed by atoms with Crippen LogP contribution in [0.3, 0.4) is 0 Å². The Bertz CT molecular complexity index is 442. The SMILES string of the molecule is CC1CC(NC(=O)c2ccccc2N)CCN1C.Cl.Cl. The molecule has 20 heavy (non-hydrogen) atoms. The molecule has 2 unspecified atom stereocenters. The Hall–Kier alpha value is -0.970. The van der Waals surface area contributed by atoms with Crippen LogP contribution in [0.15, 0.2) is 24.3 Å². The van der Waals surface area contributed by atoms with Crippen molar-refractivity contribution in [2.75, 3.05) is 19.3 Å². The first-order valence-electron chi connectivity index (χ1n) is 6.43. The molecule has 3 N–H and O–H groups in total. The molecule has 1 saturated heterocycles. The van der Waals surface area contributed by atoms with E-state index in [1.165, 1.54) is 0 Å². The van der Waals surface area contributed by atoms with Crippen molar-refractivity contribution in [3.8, 4) is 0 Å². The molecule has 0 aliphatic carbocycles. The summed E-state index contributed by atoms with van der Waals surface area (Å²) in [6, 6.07) is 7.96. The summed E-state index contributed by atoms with van der Waals surface area (Å²) in [7, 11) is 2.12. The van der Waals surface area contributed by atoms with Crippen LogP contribution in [0, 0.1) is 0 Å². The van der Waals surface area contributed by atoms with Crippen molar-refractivity contribution in [1.82, 2.24) is 10.2 Å². The quantitative estimate of drug-likeness (QED) is 0.822. The van der Waals surface area contributed by atoms with Crippen LogP contribution in [0.25, 0.3) is 0 Å². The lowest BCUT2D eigenvalue weighted by Crippen LogP contribution is -2.47. The average molecular weight is 320 g/mol. The summed E-state index contributed by atoms with van der Waals surface area (Å²) in [5.41, 5.74) is 6.92. The van der Waals surface area contributed by atoms with Gasteiger partial charge in [-0.15, -0.1) is 24.8 Å². The number of halogens is 2. The molecule has 1 aliphatic heterocycles. The number of nitrogens with two attached hydrogens (primary N) is 1. The molecule has 1 heterocycles. The van der Waals surface area contributed by atoms with Crippen LogP contribution in [0.2, 0.25) is 0 Å². The molecule has 0 aromatic heterocycles. The Morgan fingerprint density at radius 1 is 1.35 bits per heavy atom. The van der Waals surface area contributed by atoms with Gasteiger partial charge in [0.2, 0.25) is 0 Å². The molecule has 1 amide bonds. The number of nitrogens with zero attached hydrogens (tertiary/aromatic N) is 1. The summed E-state index contributed by atoms with van der Waals surface area (Å²) in [6.45, 7) is 3.21. The summed E-state index contributed by atoms with van der Waals surface area (Å²) >= 11 is 0. The fraction of sp³-hybridized carbons (Fsp3) is 0.500. The molecule has 0 saturated carbocycles. The third-order valence-corrected chi connectivity index (χ3v) is 3.75. The number of para-hydroxylation sites is 1. The topological polar surface area (TPSA) is 58.4 Å². The van der Waals surface area contributed by atoms with Gasteiger partial charge in [0.05, 0.1) is 5.56 Å². The fourth-order valence-corrected chi connectivity index (χ4v) is 2.39. The first-order chi connectivity index (χ1) is 8.58. The maximum Gasteiger partial charge on any atom is 0.253 e. The van der Waals surface area contributed by atoms with E-state index in [9.17, 15) is 4.79 Å². The lowest BCUT2D eigenvalue weighted by molar-refractivity contribution is 0.0897. The number of hydrogen-bond donors (Lipinski definition) is 2. The van der Waals surface area contributed by atoms with Gasteiger partial charge in [-0.05, 0) is 38.9 Å². The maximum atomic E-state index is 12.1. The highest BCUT2D eigenvalue weighted by molar-refractivity contribution is 5.99. The summed E-state index contributed by atoms with van der Waals surface area (Å²) in [5.74, 6) is -0.0603. The zero-order valence-corrected chi connectivity index (χ0v) is 13.5. The van der Waals surface area contributed by atoms with Crippen LogP contribution in [0.4, 0.5) is 5.69 Å². The predicted molar refractivity (Wildman–Crippen MR) is 87.9 cm³/mol. The van der Waals surface area contributed by atoms with Crippen LogP contribution in [0.1, 0.15) is 30.1 Å². The van der Waals surface area contributed by atoms with Crippen LogP contribution in [-0.4, -0.2) is 36.5 Å². The third-order valence-electron chi connectivity index (χ3n) is 3.75.